The van der Waals surface area contributed by atoms with Gasteiger partial charge in [0.2, 0.25) is 0 Å². The van der Waals surface area contributed by atoms with Crippen molar-refractivity contribution >= 4 is 15.9 Å². The van der Waals surface area contributed by atoms with Crippen molar-refractivity contribution < 1.29 is 4.39 Å². The van der Waals surface area contributed by atoms with Crippen LogP contribution in [0.3, 0.4) is 0 Å². The van der Waals surface area contributed by atoms with Gasteiger partial charge in [0.05, 0.1) is 10.5 Å². The number of rotatable bonds is 5. The molecule has 1 aromatic heterocycles. The smallest absolute Gasteiger partial charge is 0.137 e. The third kappa shape index (κ3) is 3.22. The van der Waals surface area contributed by atoms with Crippen molar-refractivity contribution in [1.82, 2.24) is 14.9 Å². The van der Waals surface area contributed by atoms with Crippen LogP contribution in [0.15, 0.2) is 35.1 Å². The van der Waals surface area contributed by atoms with E-state index >= 15 is 0 Å². The first-order chi connectivity index (χ1) is 9.13. The lowest BCUT2D eigenvalue weighted by atomic mass is 10.1. The third-order valence-electron chi connectivity index (χ3n) is 2.99. The average Bonchev–Trinajstić information content (AvgIpc) is 2.80. The fourth-order valence-corrected chi connectivity index (χ4v) is 2.39. The van der Waals surface area contributed by atoms with E-state index in [0.717, 1.165) is 24.4 Å². The highest BCUT2D eigenvalue weighted by Gasteiger charge is 2.18. The van der Waals surface area contributed by atoms with Gasteiger partial charge in [0.25, 0.3) is 0 Å². The zero-order chi connectivity index (χ0) is 13.8. The lowest BCUT2D eigenvalue weighted by Gasteiger charge is -2.19. The Morgan fingerprint density at radius 1 is 1.47 bits per heavy atom. The van der Waals surface area contributed by atoms with Crippen molar-refractivity contribution in [2.24, 2.45) is 7.05 Å². The number of nitrogens with zero attached hydrogens (tertiary/aromatic N) is 2. The molecule has 0 saturated carbocycles. The Balaban J connectivity index is 2.37. The molecule has 5 heteroatoms. The summed E-state index contributed by atoms with van der Waals surface area (Å²) in [5.41, 5.74) is 0.996. The molecule has 0 fully saturated rings. The molecule has 1 heterocycles. The van der Waals surface area contributed by atoms with Crippen molar-refractivity contribution in [3.63, 3.8) is 0 Å². The summed E-state index contributed by atoms with van der Waals surface area (Å²) in [5, 5.41) is 3.45. The Bertz CT molecular complexity index is 553. The summed E-state index contributed by atoms with van der Waals surface area (Å²) < 4.78 is 15.8. The van der Waals surface area contributed by atoms with Crippen molar-refractivity contribution in [2.75, 3.05) is 6.54 Å². The first-order valence-electron chi connectivity index (χ1n) is 6.29. The highest BCUT2D eigenvalue weighted by atomic mass is 79.9. The van der Waals surface area contributed by atoms with E-state index in [4.69, 9.17) is 0 Å². The molecule has 2 rings (SSSR count). The lowest BCUT2D eigenvalue weighted by molar-refractivity contribution is 0.552. The summed E-state index contributed by atoms with van der Waals surface area (Å²) in [5.74, 6) is 0.671. The second kappa shape index (κ2) is 6.30. The third-order valence-corrected chi connectivity index (χ3v) is 3.60. The van der Waals surface area contributed by atoms with E-state index in [9.17, 15) is 4.39 Å². The minimum absolute atomic E-state index is 0.0307. The molecular formula is C14H17BrFN3. The van der Waals surface area contributed by atoms with Gasteiger partial charge in [-0.05, 0) is 46.6 Å². The van der Waals surface area contributed by atoms with E-state index in [2.05, 4.69) is 33.2 Å². The summed E-state index contributed by atoms with van der Waals surface area (Å²) in [7, 11) is 1.96. The Labute approximate surface area is 121 Å². The van der Waals surface area contributed by atoms with Crippen LogP contribution in [0.4, 0.5) is 4.39 Å². The van der Waals surface area contributed by atoms with E-state index in [1.165, 1.54) is 6.07 Å². The van der Waals surface area contributed by atoms with E-state index < -0.39 is 0 Å². The van der Waals surface area contributed by atoms with Crippen LogP contribution in [0.25, 0.3) is 0 Å². The van der Waals surface area contributed by atoms with Crippen LogP contribution in [0.1, 0.15) is 30.8 Å². The molecule has 0 amide bonds. The van der Waals surface area contributed by atoms with Crippen LogP contribution in [-0.2, 0) is 7.05 Å². The van der Waals surface area contributed by atoms with Gasteiger partial charge in [-0.15, -0.1) is 0 Å². The van der Waals surface area contributed by atoms with Gasteiger partial charge < -0.3 is 9.88 Å². The van der Waals surface area contributed by atoms with Gasteiger partial charge in [0, 0.05) is 19.4 Å². The maximum atomic E-state index is 13.3. The Morgan fingerprint density at radius 3 is 2.84 bits per heavy atom. The molecule has 1 N–H and O–H groups in total. The van der Waals surface area contributed by atoms with Crippen LogP contribution in [0, 0.1) is 5.82 Å². The monoisotopic (exact) mass is 325 g/mol. The van der Waals surface area contributed by atoms with Crippen LogP contribution in [-0.4, -0.2) is 16.1 Å². The standard InChI is InChI=1S/C14H17BrFN3/c1-3-6-17-13(14-18-7-8-19(14)2)10-4-5-12(16)11(15)9-10/h4-5,7-9,13,17H,3,6H2,1-2H3. The molecule has 19 heavy (non-hydrogen) atoms. The first-order valence-corrected chi connectivity index (χ1v) is 7.08. The van der Waals surface area contributed by atoms with Crippen molar-refractivity contribution in [1.29, 1.82) is 0 Å². The number of halogens is 2. The highest BCUT2D eigenvalue weighted by Crippen LogP contribution is 2.25. The summed E-state index contributed by atoms with van der Waals surface area (Å²) in [6.45, 7) is 3.00. The topological polar surface area (TPSA) is 29.9 Å². The van der Waals surface area contributed by atoms with Gasteiger partial charge in [0.15, 0.2) is 0 Å². The number of aryl methyl sites for hydroxylation is 1. The van der Waals surface area contributed by atoms with Crippen molar-refractivity contribution in [3.05, 3.63) is 52.3 Å². The molecule has 102 valence electrons. The summed E-state index contributed by atoms with van der Waals surface area (Å²) >= 11 is 3.23. The fourth-order valence-electron chi connectivity index (χ4n) is 1.99. The summed E-state index contributed by atoms with van der Waals surface area (Å²) in [4.78, 5) is 4.39. The molecule has 2 aromatic rings. The molecule has 0 aliphatic rings. The zero-order valence-corrected chi connectivity index (χ0v) is 12.6. The molecule has 1 unspecified atom stereocenters. The number of benzene rings is 1. The number of nitrogens with one attached hydrogen (secondary N) is 1. The van der Waals surface area contributed by atoms with Crippen molar-refractivity contribution in [2.45, 2.75) is 19.4 Å². The highest BCUT2D eigenvalue weighted by molar-refractivity contribution is 9.10. The van der Waals surface area contributed by atoms with Gasteiger partial charge >= 0.3 is 0 Å². The molecule has 0 spiro atoms. The van der Waals surface area contributed by atoms with Gasteiger partial charge in [-0.1, -0.05) is 13.0 Å². The lowest BCUT2D eigenvalue weighted by Crippen LogP contribution is -2.25. The van der Waals surface area contributed by atoms with E-state index in [0.29, 0.717) is 4.47 Å². The molecule has 0 radical (unpaired) electrons. The first kappa shape index (κ1) is 14.2. The Kier molecular flexibility index (Phi) is 4.71. The van der Waals surface area contributed by atoms with E-state index in [1.54, 1.807) is 18.3 Å². The molecule has 1 atom stereocenters. The van der Waals surface area contributed by atoms with Crippen LogP contribution >= 0.6 is 15.9 Å². The van der Waals surface area contributed by atoms with Crippen LogP contribution in [0.2, 0.25) is 0 Å². The maximum Gasteiger partial charge on any atom is 0.137 e. The number of hydrogen-bond acceptors (Lipinski definition) is 2. The number of hydrogen-bond donors (Lipinski definition) is 1. The minimum atomic E-state index is -0.252. The largest absolute Gasteiger partial charge is 0.336 e. The average molecular weight is 326 g/mol. The molecule has 1 aromatic carbocycles. The predicted molar refractivity (Wildman–Crippen MR) is 77.4 cm³/mol. The minimum Gasteiger partial charge on any atom is -0.336 e. The number of aromatic nitrogens is 2. The Hall–Kier alpha value is -1.20. The second-order valence-electron chi connectivity index (χ2n) is 4.46. The fraction of sp³-hybridized carbons (Fsp3) is 0.357. The molecule has 0 aliphatic heterocycles. The SMILES string of the molecule is CCCNC(c1ccc(F)c(Br)c1)c1nccn1C. The molecule has 0 bridgehead atoms. The second-order valence-corrected chi connectivity index (χ2v) is 5.31. The molecule has 3 nitrogen and oxygen atoms in total. The maximum absolute atomic E-state index is 13.3. The normalized spacial score (nSPS) is 12.6. The van der Waals surface area contributed by atoms with E-state index in [1.807, 2.05) is 17.8 Å². The van der Waals surface area contributed by atoms with E-state index in [-0.39, 0.29) is 11.9 Å². The van der Waals surface area contributed by atoms with Gasteiger partial charge in [0.1, 0.15) is 11.6 Å². The molecule has 0 saturated heterocycles. The predicted octanol–water partition coefficient (Wildman–Crippen LogP) is 3.41. The van der Waals surface area contributed by atoms with Crippen LogP contribution < -0.4 is 5.32 Å². The van der Waals surface area contributed by atoms with Gasteiger partial charge in [-0.2, -0.15) is 0 Å². The number of imidazole rings is 1. The van der Waals surface area contributed by atoms with Gasteiger partial charge in [-0.3, -0.25) is 0 Å². The summed E-state index contributed by atoms with van der Waals surface area (Å²) in [6.07, 6.45) is 4.71. The summed E-state index contributed by atoms with van der Waals surface area (Å²) in [6, 6.07) is 5.04. The van der Waals surface area contributed by atoms with Gasteiger partial charge in [-0.25, -0.2) is 9.37 Å². The zero-order valence-electron chi connectivity index (χ0n) is 11.0. The molecule has 0 aliphatic carbocycles. The Morgan fingerprint density at radius 2 is 2.26 bits per heavy atom. The van der Waals surface area contributed by atoms with Crippen molar-refractivity contribution in [3.8, 4) is 0 Å². The quantitative estimate of drug-likeness (QED) is 0.912. The van der Waals surface area contributed by atoms with Crippen LogP contribution in [0.5, 0.6) is 0 Å². The molecular weight excluding hydrogens is 309 g/mol.